The quantitative estimate of drug-likeness (QED) is 0.702. The molecule has 0 aliphatic heterocycles. The average Bonchev–Trinajstić information content (AvgIpc) is 2.67. The Hall–Kier alpha value is -0.370. The molecular formula is C15H24O2. The lowest BCUT2D eigenvalue weighted by atomic mass is 9.52. The maximum Gasteiger partial charge on any atom is 0.144 e. The summed E-state index contributed by atoms with van der Waals surface area (Å²) in [5.41, 5.74) is -0.473. The highest BCUT2D eigenvalue weighted by molar-refractivity contribution is 5.91. The largest absolute Gasteiger partial charge is 0.392 e. The lowest BCUT2D eigenvalue weighted by Gasteiger charge is -2.51. The van der Waals surface area contributed by atoms with E-state index in [2.05, 4.69) is 27.7 Å². The van der Waals surface area contributed by atoms with E-state index in [-0.39, 0.29) is 22.3 Å². The smallest absolute Gasteiger partial charge is 0.144 e. The average molecular weight is 236 g/mol. The van der Waals surface area contributed by atoms with E-state index < -0.39 is 0 Å². The van der Waals surface area contributed by atoms with E-state index in [4.69, 9.17) is 0 Å². The summed E-state index contributed by atoms with van der Waals surface area (Å²) in [5.74, 6) is 1.36. The normalized spacial score (nSPS) is 56.1. The van der Waals surface area contributed by atoms with E-state index in [0.29, 0.717) is 24.0 Å². The molecule has 1 spiro atoms. The Morgan fingerprint density at radius 2 is 1.88 bits per heavy atom. The van der Waals surface area contributed by atoms with Gasteiger partial charge in [-0.25, -0.2) is 0 Å². The lowest BCUT2D eigenvalue weighted by Crippen LogP contribution is -2.53. The Morgan fingerprint density at radius 3 is 2.53 bits per heavy atom. The van der Waals surface area contributed by atoms with E-state index in [9.17, 15) is 9.90 Å². The summed E-state index contributed by atoms with van der Waals surface area (Å²) in [5, 5.41) is 10.6. The second kappa shape index (κ2) is 2.96. The zero-order valence-corrected chi connectivity index (χ0v) is 11.4. The van der Waals surface area contributed by atoms with Crippen LogP contribution in [0.4, 0.5) is 0 Å². The van der Waals surface area contributed by atoms with Crippen LogP contribution in [0.3, 0.4) is 0 Å². The fourth-order valence-electron chi connectivity index (χ4n) is 5.78. The van der Waals surface area contributed by atoms with Gasteiger partial charge in [0.15, 0.2) is 0 Å². The third-order valence-electron chi connectivity index (χ3n) is 6.42. The zero-order valence-electron chi connectivity index (χ0n) is 11.4. The van der Waals surface area contributed by atoms with Crippen LogP contribution in [0.5, 0.6) is 0 Å². The van der Waals surface area contributed by atoms with Gasteiger partial charge >= 0.3 is 0 Å². The minimum absolute atomic E-state index is 0.0339. The standard InChI is InChI=1S/C15H24O2/c1-9-5-6-10-13(2,3)12(17)14(4)7-11(16)15(9,10)8-14/h9-11,16H,5-8H2,1-4H3/t9-,10-,11?,14-,15-/m0/s1. The van der Waals surface area contributed by atoms with Crippen molar-refractivity contribution in [3.05, 3.63) is 0 Å². The molecule has 2 bridgehead atoms. The zero-order chi connectivity index (χ0) is 12.6. The summed E-state index contributed by atoms with van der Waals surface area (Å²) in [7, 11) is 0. The Balaban J connectivity index is 2.18. The van der Waals surface area contributed by atoms with Crippen molar-refractivity contribution in [1.29, 1.82) is 0 Å². The van der Waals surface area contributed by atoms with Crippen LogP contribution in [0.2, 0.25) is 0 Å². The van der Waals surface area contributed by atoms with E-state index in [1.807, 2.05) is 0 Å². The van der Waals surface area contributed by atoms with Crippen LogP contribution in [-0.2, 0) is 4.79 Å². The molecule has 3 aliphatic rings. The van der Waals surface area contributed by atoms with Crippen molar-refractivity contribution in [2.45, 2.75) is 59.5 Å². The molecule has 3 saturated carbocycles. The Morgan fingerprint density at radius 1 is 1.24 bits per heavy atom. The molecule has 3 rings (SSSR count). The highest BCUT2D eigenvalue weighted by Crippen LogP contribution is 2.71. The van der Waals surface area contributed by atoms with Gasteiger partial charge in [-0.1, -0.05) is 27.7 Å². The third kappa shape index (κ3) is 1.09. The van der Waals surface area contributed by atoms with Crippen LogP contribution < -0.4 is 0 Å². The maximum absolute atomic E-state index is 12.7. The van der Waals surface area contributed by atoms with Crippen LogP contribution in [0.15, 0.2) is 0 Å². The first-order chi connectivity index (χ1) is 7.75. The first kappa shape index (κ1) is 11.7. The molecule has 1 unspecified atom stereocenters. The number of hydrogen-bond acceptors (Lipinski definition) is 2. The molecule has 0 saturated heterocycles. The van der Waals surface area contributed by atoms with E-state index >= 15 is 0 Å². The molecule has 3 fully saturated rings. The van der Waals surface area contributed by atoms with E-state index in [1.165, 1.54) is 6.42 Å². The molecule has 96 valence electrons. The van der Waals surface area contributed by atoms with Gasteiger partial charge in [0.2, 0.25) is 0 Å². The minimum Gasteiger partial charge on any atom is -0.392 e. The van der Waals surface area contributed by atoms with Gasteiger partial charge in [-0.2, -0.15) is 0 Å². The summed E-state index contributed by atoms with van der Waals surface area (Å²) in [4.78, 5) is 12.7. The van der Waals surface area contributed by atoms with Gasteiger partial charge in [-0.3, -0.25) is 4.79 Å². The van der Waals surface area contributed by atoms with Crippen LogP contribution in [-0.4, -0.2) is 17.0 Å². The number of ketones is 1. The van der Waals surface area contributed by atoms with Gasteiger partial charge < -0.3 is 5.11 Å². The SMILES string of the molecule is C[C@H]1CC[C@H]2C(C)(C)C(=O)[C@@]3(C)CC(O)[C@@]12C3. The first-order valence-corrected chi connectivity index (χ1v) is 6.98. The molecule has 2 nitrogen and oxygen atoms in total. The Labute approximate surface area is 104 Å². The lowest BCUT2D eigenvalue weighted by molar-refractivity contribution is -0.151. The Bertz CT molecular complexity index is 386. The number of Topliss-reactive ketones (excluding diaryl/α,β-unsaturated/α-hetero) is 1. The van der Waals surface area contributed by atoms with E-state index in [1.54, 1.807) is 0 Å². The fraction of sp³-hybridized carbons (Fsp3) is 0.933. The molecule has 0 heterocycles. The van der Waals surface area contributed by atoms with E-state index in [0.717, 1.165) is 12.8 Å². The van der Waals surface area contributed by atoms with Crippen molar-refractivity contribution < 1.29 is 9.90 Å². The van der Waals surface area contributed by atoms with Crippen LogP contribution in [0.25, 0.3) is 0 Å². The molecule has 0 radical (unpaired) electrons. The third-order valence-corrected chi connectivity index (χ3v) is 6.42. The highest BCUT2D eigenvalue weighted by Gasteiger charge is 2.71. The van der Waals surface area contributed by atoms with Crippen LogP contribution in [0.1, 0.15) is 53.4 Å². The van der Waals surface area contributed by atoms with Crippen molar-refractivity contribution in [1.82, 2.24) is 0 Å². The van der Waals surface area contributed by atoms with Gasteiger partial charge in [0.1, 0.15) is 5.78 Å². The molecule has 5 atom stereocenters. The number of carbonyl (C=O) groups excluding carboxylic acids is 1. The van der Waals surface area contributed by atoms with Crippen molar-refractivity contribution in [2.24, 2.45) is 28.1 Å². The van der Waals surface area contributed by atoms with Crippen molar-refractivity contribution in [3.8, 4) is 0 Å². The predicted octanol–water partition coefficient (Wildman–Crippen LogP) is 2.79. The molecular weight excluding hydrogens is 212 g/mol. The summed E-state index contributed by atoms with van der Waals surface area (Å²) in [6.45, 7) is 8.58. The maximum atomic E-state index is 12.7. The van der Waals surface area contributed by atoms with Gasteiger partial charge in [0.05, 0.1) is 6.10 Å². The number of aliphatic hydroxyl groups is 1. The van der Waals surface area contributed by atoms with Crippen molar-refractivity contribution >= 4 is 5.78 Å². The summed E-state index contributed by atoms with van der Waals surface area (Å²) >= 11 is 0. The van der Waals surface area contributed by atoms with Gasteiger partial charge in [-0.05, 0) is 37.5 Å². The fourth-order valence-corrected chi connectivity index (χ4v) is 5.78. The second-order valence-electron chi connectivity index (χ2n) is 7.65. The molecule has 2 heteroatoms. The molecule has 17 heavy (non-hydrogen) atoms. The Kier molecular flexibility index (Phi) is 2.04. The summed E-state index contributed by atoms with van der Waals surface area (Å²) in [6, 6.07) is 0. The predicted molar refractivity (Wildman–Crippen MR) is 66.5 cm³/mol. The number of rotatable bonds is 0. The van der Waals surface area contributed by atoms with Gasteiger partial charge in [0.25, 0.3) is 0 Å². The number of hydrogen-bond donors (Lipinski definition) is 1. The monoisotopic (exact) mass is 236 g/mol. The van der Waals surface area contributed by atoms with Crippen LogP contribution >= 0.6 is 0 Å². The number of carbonyl (C=O) groups is 1. The molecule has 0 aromatic heterocycles. The minimum atomic E-state index is -0.266. The van der Waals surface area contributed by atoms with Gasteiger partial charge in [0, 0.05) is 16.2 Å². The molecule has 3 aliphatic carbocycles. The molecule has 0 aromatic rings. The second-order valence-corrected chi connectivity index (χ2v) is 7.65. The number of aliphatic hydroxyl groups excluding tert-OH is 1. The first-order valence-electron chi connectivity index (χ1n) is 6.98. The highest BCUT2D eigenvalue weighted by atomic mass is 16.3. The summed E-state index contributed by atoms with van der Waals surface area (Å²) < 4.78 is 0. The summed E-state index contributed by atoms with van der Waals surface area (Å²) in [6.07, 6.45) is 3.65. The van der Waals surface area contributed by atoms with Crippen molar-refractivity contribution in [2.75, 3.05) is 0 Å². The molecule has 0 amide bonds. The van der Waals surface area contributed by atoms with Crippen molar-refractivity contribution in [3.63, 3.8) is 0 Å². The van der Waals surface area contributed by atoms with Crippen LogP contribution in [0, 0.1) is 28.1 Å². The number of fused-ring (bicyclic) bond motifs is 1. The molecule has 0 aromatic carbocycles. The molecule has 1 N–H and O–H groups in total. The van der Waals surface area contributed by atoms with Gasteiger partial charge in [-0.15, -0.1) is 0 Å². The topological polar surface area (TPSA) is 37.3 Å².